The van der Waals surface area contributed by atoms with Gasteiger partial charge >= 0.3 is 0 Å². The van der Waals surface area contributed by atoms with Crippen LogP contribution in [0.2, 0.25) is 0 Å². The number of nitrogens with one attached hydrogen (secondary N) is 1. The van der Waals surface area contributed by atoms with Crippen molar-refractivity contribution in [1.82, 2.24) is 15.2 Å². The van der Waals surface area contributed by atoms with Gasteiger partial charge in [-0.25, -0.2) is 4.98 Å². The van der Waals surface area contributed by atoms with Crippen molar-refractivity contribution in [2.24, 2.45) is 5.73 Å². The summed E-state index contributed by atoms with van der Waals surface area (Å²) in [6.45, 7) is 5.95. The van der Waals surface area contributed by atoms with E-state index in [0.717, 1.165) is 11.3 Å². The summed E-state index contributed by atoms with van der Waals surface area (Å²) >= 11 is 1.19. The first-order valence-corrected chi connectivity index (χ1v) is 7.45. The first-order chi connectivity index (χ1) is 9.85. The highest BCUT2D eigenvalue weighted by Gasteiger charge is 2.17. The number of carbonyl (C=O) groups is 1. The van der Waals surface area contributed by atoms with Gasteiger partial charge in [0, 0.05) is 0 Å². The smallest absolute Gasteiger partial charge is 0.227 e. The first-order valence-electron chi connectivity index (χ1n) is 6.47. The largest absolute Gasteiger partial charge is 0.487 e. The molecular formula is C14H18N4O2S. The first kappa shape index (κ1) is 15.4. The minimum Gasteiger partial charge on any atom is -0.487 e. The SMILES string of the molecule is CC(C)(C)Oc1ccccc1-c1nc(SCC(N)=O)n[nH]1. The molecule has 112 valence electrons. The summed E-state index contributed by atoms with van der Waals surface area (Å²) in [4.78, 5) is 15.1. The number of thioether (sulfide) groups is 1. The molecule has 0 aliphatic heterocycles. The third-order valence-corrected chi connectivity index (χ3v) is 3.24. The molecule has 7 heteroatoms. The number of H-pyrrole nitrogens is 1. The average molecular weight is 306 g/mol. The van der Waals surface area contributed by atoms with E-state index < -0.39 is 5.91 Å². The molecule has 6 nitrogen and oxygen atoms in total. The van der Waals surface area contributed by atoms with Crippen LogP contribution in [0.4, 0.5) is 0 Å². The van der Waals surface area contributed by atoms with Gasteiger partial charge in [0.25, 0.3) is 0 Å². The van der Waals surface area contributed by atoms with Crippen LogP contribution in [0.25, 0.3) is 11.4 Å². The Kier molecular flexibility index (Phi) is 4.52. The van der Waals surface area contributed by atoms with Gasteiger partial charge in [-0.15, -0.1) is 5.10 Å². The molecule has 0 atom stereocenters. The van der Waals surface area contributed by atoms with Crippen molar-refractivity contribution in [3.05, 3.63) is 24.3 Å². The lowest BCUT2D eigenvalue weighted by Crippen LogP contribution is -2.23. The van der Waals surface area contributed by atoms with Crippen molar-refractivity contribution < 1.29 is 9.53 Å². The maximum Gasteiger partial charge on any atom is 0.227 e. The average Bonchev–Trinajstić information content (AvgIpc) is 2.83. The quantitative estimate of drug-likeness (QED) is 0.826. The lowest BCUT2D eigenvalue weighted by Gasteiger charge is -2.22. The van der Waals surface area contributed by atoms with Crippen molar-refractivity contribution in [3.63, 3.8) is 0 Å². The fourth-order valence-electron chi connectivity index (χ4n) is 1.65. The van der Waals surface area contributed by atoms with Gasteiger partial charge in [-0.1, -0.05) is 23.9 Å². The van der Waals surface area contributed by atoms with Gasteiger partial charge in [-0.05, 0) is 32.9 Å². The summed E-state index contributed by atoms with van der Waals surface area (Å²) in [7, 11) is 0. The van der Waals surface area contributed by atoms with E-state index in [9.17, 15) is 4.79 Å². The number of primary amides is 1. The molecule has 0 radical (unpaired) electrons. The summed E-state index contributed by atoms with van der Waals surface area (Å²) in [5.41, 5.74) is 5.63. The van der Waals surface area contributed by atoms with Crippen LogP contribution in [0, 0.1) is 0 Å². The van der Waals surface area contributed by atoms with E-state index in [1.165, 1.54) is 11.8 Å². The normalized spacial score (nSPS) is 11.4. The molecule has 21 heavy (non-hydrogen) atoms. The molecule has 0 fully saturated rings. The molecule has 0 saturated heterocycles. The molecule has 2 rings (SSSR count). The third-order valence-electron chi connectivity index (χ3n) is 2.37. The van der Waals surface area contributed by atoms with Crippen molar-refractivity contribution in [3.8, 4) is 17.1 Å². The highest BCUT2D eigenvalue weighted by Crippen LogP contribution is 2.30. The number of nitrogens with zero attached hydrogens (tertiary/aromatic N) is 2. The minimum absolute atomic E-state index is 0.150. The highest BCUT2D eigenvalue weighted by molar-refractivity contribution is 7.99. The second kappa shape index (κ2) is 6.17. The summed E-state index contributed by atoms with van der Waals surface area (Å²) in [5.74, 6) is 1.08. The molecular weight excluding hydrogens is 288 g/mol. The molecule has 0 bridgehead atoms. The van der Waals surface area contributed by atoms with Crippen molar-refractivity contribution in [2.75, 3.05) is 5.75 Å². The lowest BCUT2D eigenvalue weighted by atomic mass is 10.1. The summed E-state index contributed by atoms with van der Waals surface area (Å²) in [5, 5.41) is 7.40. The van der Waals surface area contributed by atoms with E-state index in [2.05, 4.69) is 15.2 Å². The fourth-order valence-corrected chi connectivity index (χ4v) is 2.19. The van der Waals surface area contributed by atoms with Gasteiger partial charge in [0.15, 0.2) is 5.82 Å². The third kappa shape index (κ3) is 4.49. The topological polar surface area (TPSA) is 93.9 Å². The number of carbonyl (C=O) groups excluding carboxylic acids is 1. The zero-order valence-corrected chi connectivity index (χ0v) is 13.0. The van der Waals surface area contributed by atoms with E-state index in [0.29, 0.717) is 11.0 Å². The molecule has 0 unspecified atom stereocenters. The van der Waals surface area contributed by atoms with Gasteiger partial charge in [-0.3, -0.25) is 9.89 Å². The monoisotopic (exact) mass is 306 g/mol. The zero-order chi connectivity index (χ0) is 15.5. The number of amides is 1. The minimum atomic E-state index is -0.400. The fraction of sp³-hybridized carbons (Fsp3) is 0.357. The van der Waals surface area contributed by atoms with Crippen molar-refractivity contribution in [2.45, 2.75) is 31.5 Å². The van der Waals surface area contributed by atoms with Crippen molar-refractivity contribution in [1.29, 1.82) is 0 Å². The van der Waals surface area contributed by atoms with Crippen molar-refractivity contribution >= 4 is 17.7 Å². The standard InChI is InChI=1S/C14H18N4O2S/c1-14(2,3)20-10-7-5-4-6-9(10)12-16-13(18-17-12)21-8-11(15)19/h4-7H,8H2,1-3H3,(H2,15,19)(H,16,17,18). The summed E-state index contributed by atoms with van der Waals surface area (Å²) in [6.07, 6.45) is 0. The van der Waals surface area contributed by atoms with Crippen LogP contribution in [-0.4, -0.2) is 32.4 Å². The molecule has 1 aromatic heterocycles. The highest BCUT2D eigenvalue weighted by atomic mass is 32.2. The lowest BCUT2D eigenvalue weighted by molar-refractivity contribution is -0.115. The predicted octanol–water partition coefficient (Wildman–Crippen LogP) is 2.23. The summed E-state index contributed by atoms with van der Waals surface area (Å²) in [6, 6.07) is 7.61. The van der Waals surface area contributed by atoms with Gasteiger partial charge in [0.2, 0.25) is 11.1 Å². The van der Waals surface area contributed by atoms with Crippen LogP contribution < -0.4 is 10.5 Å². The summed E-state index contributed by atoms with van der Waals surface area (Å²) < 4.78 is 5.93. The Morgan fingerprint density at radius 2 is 2.10 bits per heavy atom. The van der Waals surface area contributed by atoms with E-state index in [-0.39, 0.29) is 11.4 Å². The number of aromatic nitrogens is 3. The molecule has 1 amide bonds. The number of rotatable bonds is 5. The Morgan fingerprint density at radius 1 is 1.38 bits per heavy atom. The molecule has 1 aromatic carbocycles. The number of ether oxygens (including phenoxy) is 1. The molecule has 0 saturated carbocycles. The van der Waals surface area contributed by atoms with Crippen LogP contribution in [-0.2, 0) is 4.79 Å². The van der Waals surface area contributed by atoms with Crippen LogP contribution in [0.3, 0.4) is 0 Å². The Morgan fingerprint density at radius 3 is 2.76 bits per heavy atom. The number of hydrogen-bond donors (Lipinski definition) is 2. The predicted molar refractivity (Wildman–Crippen MR) is 82.1 cm³/mol. The Labute approximate surface area is 127 Å². The van der Waals surface area contributed by atoms with Gasteiger partial charge in [0.05, 0.1) is 11.3 Å². The number of hydrogen-bond acceptors (Lipinski definition) is 5. The van der Waals surface area contributed by atoms with Crippen LogP contribution in [0.5, 0.6) is 5.75 Å². The number of para-hydroxylation sites is 1. The van der Waals surface area contributed by atoms with Gasteiger partial charge in [-0.2, -0.15) is 0 Å². The molecule has 3 N–H and O–H groups in total. The van der Waals surface area contributed by atoms with E-state index in [4.69, 9.17) is 10.5 Å². The zero-order valence-electron chi connectivity index (χ0n) is 12.2. The second-order valence-electron chi connectivity index (χ2n) is 5.43. The Bertz CT molecular complexity index is 634. The number of nitrogens with two attached hydrogens (primary N) is 1. The maximum absolute atomic E-state index is 10.8. The van der Waals surface area contributed by atoms with Crippen LogP contribution in [0.1, 0.15) is 20.8 Å². The van der Waals surface area contributed by atoms with E-state index >= 15 is 0 Å². The molecule has 2 aromatic rings. The van der Waals surface area contributed by atoms with Crippen LogP contribution in [0.15, 0.2) is 29.4 Å². The van der Waals surface area contributed by atoms with E-state index in [1.54, 1.807) is 0 Å². The molecule has 0 aliphatic carbocycles. The van der Waals surface area contributed by atoms with Crippen LogP contribution >= 0.6 is 11.8 Å². The number of benzene rings is 1. The Balaban J connectivity index is 2.24. The van der Waals surface area contributed by atoms with Gasteiger partial charge in [0.1, 0.15) is 11.4 Å². The van der Waals surface area contributed by atoms with E-state index in [1.807, 2.05) is 45.0 Å². The second-order valence-corrected chi connectivity index (χ2v) is 6.37. The molecule has 0 aliphatic rings. The Hall–Kier alpha value is -2.02. The van der Waals surface area contributed by atoms with Gasteiger partial charge < -0.3 is 10.5 Å². The number of aromatic amines is 1. The maximum atomic E-state index is 10.8. The molecule has 0 spiro atoms. The molecule has 1 heterocycles.